The van der Waals surface area contributed by atoms with Crippen molar-refractivity contribution in [3.63, 3.8) is 0 Å². The number of aromatic nitrogens is 3. The molecule has 0 saturated carbocycles. The fourth-order valence-corrected chi connectivity index (χ4v) is 4.12. The molecule has 0 saturated heterocycles. The van der Waals surface area contributed by atoms with E-state index in [1.807, 2.05) is 79.7 Å². The molecule has 164 valence electrons. The van der Waals surface area contributed by atoms with Gasteiger partial charge in [0.1, 0.15) is 16.9 Å². The maximum atomic E-state index is 13.4. The zero-order chi connectivity index (χ0) is 22.8. The second-order valence-corrected chi connectivity index (χ2v) is 8.21. The maximum absolute atomic E-state index is 13.4. The summed E-state index contributed by atoms with van der Waals surface area (Å²) < 4.78 is 1.80. The van der Waals surface area contributed by atoms with Crippen molar-refractivity contribution >= 4 is 33.9 Å². The number of nitrogen functional groups attached to an aromatic ring is 1. The predicted octanol–water partition coefficient (Wildman–Crippen LogP) is 4.91. The van der Waals surface area contributed by atoms with E-state index in [1.165, 1.54) is 5.56 Å². The van der Waals surface area contributed by atoms with Crippen LogP contribution < -0.4 is 11.1 Å². The first kappa shape index (κ1) is 20.7. The summed E-state index contributed by atoms with van der Waals surface area (Å²) in [7, 11) is 0. The number of amides is 1. The zero-order valence-electron chi connectivity index (χ0n) is 18.4. The Morgan fingerprint density at radius 2 is 1.52 bits per heavy atom. The summed E-state index contributed by atoms with van der Waals surface area (Å²) in [5.41, 5.74) is 11.6. The van der Waals surface area contributed by atoms with Crippen LogP contribution in [0.1, 0.15) is 29.3 Å². The molecule has 5 aromatic rings. The Morgan fingerprint density at radius 1 is 0.909 bits per heavy atom. The van der Waals surface area contributed by atoms with Crippen molar-refractivity contribution in [3.05, 3.63) is 96.1 Å². The number of para-hydroxylation sites is 3. The summed E-state index contributed by atoms with van der Waals surface area (Å²) in [5.74, 6) is 0.0941. The number of carbonyl (C=O) groups excluding carboxylic acids is 1. The zero-order valence-corrected chi connectivity index (χ0v) is 18.4. The van der Waals surface area contributed by atoms with Crippen LogP contribution in [0.5, 0.6) is 0 Å². The highest BCUT2D eigenvalue weighted by Gasteiger charge is 2.25. The third-order valence-electron chi connectivity index (χ3n) is 5.83. The molecule has 0 radical (unpaired) electrons. The molecular formula is C27H25N5O. The van der Waals surface area contributed by atoms with E-state index in [0.29, 0.717) is 22.5 Å². The molecule has 33 heavy (non-hydrogen) atoms. The molecule has 3 N–H and O–H groups in total. The Labute approximate surface area is 192 Å². The molecule has 0 aliphatic rings. The van der Waals surface area contributed by atoms with Crippen LogP contribution in [0.15, 0.2) is 84.9 Å². The second-order valence-electron chi connectivity index (χ2n) is 8.21. The van der Waals surface area contributed by atoms with Crippen molar-refractivity contribution in [1.29, 1.82) is 0 Å². The van der Waals surface area contributed by atoms with Gasteiger partial charge in [-0.25, -0.2) is 9.97 Å². The van der Waals surface area contributed by atoms with Crippen molar-refractivity contribution in [1.82, 2.24) is 19.9 Å². The molecule has 0 spiro atoms. The highest BCUT2D eigenvalue weighted by atomic mass is 16.1. The number of benzene rings is 3. The van der Waals surface area contributed by atoms with Crippen LogP contribution in [0, 0.1) is 0 Å². The van der Waals surface area contributed by atoms with Gasteiger partial charge < -0.3 is 11.1 Å². The molecule has 0 aliphatic carbocycles. The smallest absolute Gasteiger partial charge is 0.257 e. The number of hydrogen-bond donors (Lipinski definition) is 2. The van der Waals surface area contributed by atoms with Crippen LogP contribution in [0.2, 0.25) is 0 Å². The summed E-state index contributed by atoms with van der Waals surface area (Å²) in [5, 5.41) is 3.11. The van der Waals surface area contributed by atoms with Crippen molar-refractivity contribution in [3.8, 4) is 5.69 Å². The number of anilines is 1. The van der Waals surface area contributed by atoms with Gasteiger partial charge in [-0.3, -0.25) is 9.36 Å². The number of nitrogens with two attached hydrogens (primary N) is 1. The number of nitrogens with one attached hydrogen (secondary N) is 1. The minimum absolute atomic E-state index is 0.0272. The number of carbonyl (C=O) groups is 1. The molecule has 5 rings (SSSR count). The summed E-state index contributed by atoms with van der Waals surface area (Å²) in [6.07, 6.45) is 1.70. The third-order valence-corrected chi connectivity index (χ3v) is 5.83. The summed E-state index contributed by atoms with van der Waals surface area (Å²) in [6, 6.07) is 27.5. The summed E-state index contributed by atoms with van der Waals surface area (Å²) in [6.45, 7) is 2.01. The minimum atomic E-state index is -0.239. The number of rotatable bonds is 6. The largest absolute Gasteiger partial charge is 0.384 e. The molecule has 3 aromatic carbocycles. The Kier molecular flexibility index (Phi) is 5.48. The molecule has 6 nitrogen and oxygen atoms in total. The van der Waals surface area contributed by atoms with E-state index in [0.717, 1.165) is 29.6 Å². The molecule has 2 heterocycles. The molecule has 2 aromatic heterocycles. The molecule has 6 heteroatoms. The van der Waals surface area contributed by atoms with Crippen LogP contribution in [0.25, 0.3) is 27.9 Å². The monoisotopic (exact) mass is 435 g/mol. The standard InChI is InChI=1S/C27H25N5O/c1-18(16-17-19-10-4-2-5-11-19)29-27(33)23-24-26(31-22-15-9-8-14-21(22)30-24)32(25(23)28)20-12-6-3-7-13-20/h2-15,18H,16-17,28H2,1H3,(H,29,33)/t18-/m0/s1. The Hall–Kier alpha value is -4.19. The molecule has 0 unspecified atom stereocenters. The highest BCUT2D eigenvalue weighted by Crippen LogP contribution is 2.31. The predicted molar refractivity (Wildman–Crippen MR) is 132 cm³/mol. The first-order valence-corrected chi connectivity index (χ1v) is 11.1. The van der Waals surface area contributed by atoms with Gasteiger partial charge >= 0.3 is 0 Å². The lowest BCUT2D eigenvalue weighted by molar-refractivity contribution is 0.0941. The Morgan fingerprint density at radius 3 is 2.21 bits per heavy atom. The van der Waals surface area contributed by atoms with E-state index in [9.17, 15) is 4.79 Å². The highest BCUT2D eigenvalue weighted by molar-refractivity contribution is 6.11. The molecular weight excluding hydrogens is 410 g/mol. The third kappa shape index (κ3) is 4.03. The van der Waals surface area contributed by atoms with Crippen molar-refractivity contribution in [2.24, 2.45) is 0 Å². The van der Waals surface area contributed by atoms with Gasteiger partial charge in [-0.2, -0.15) is 0 Å². The fourth-order valence-electron chi connectivity index (χ4n) is 4.12. The topological polar surface area (TPSA) is 85.8 Å². The SMILES string of the molecule is C[C@@H](CCc1ccccc1)NC(=O)c1c(N)n(-c2ccccc2)c2nc3ccccc3nc12. The average Bonchev–Trinajstić information content (AvgIpc) is 3.13. The van der Waals surface area contributed by atoms with Crippen LogP contribution >= 0.6 is 0 Å². The lowest BCUT2D eigenvalue weighted by Crippen LogP contribution is -2.33. The van der Waals surface area contributed by atoms with E-state index in [2.05, 4.69) is 17.4 Å². The first-order valence-electron chi connectivity index (χ1n) is 11.1. The van der Waals surface area contributed by atoms with Gasteiger partial charge in [-0.1, -0.05) is 60.7 Å². The van der Waals surface area contributed by atoms with Crippen LogP contribution in [0.3, 0.4) is 0 Å². The second kappa shape index (κ2) is 8.74. The van der Waals surface area contributed by atoms with Crippen molar-refractivity contribution in [2.45, 2.75) is 25.8 Å². The van der Waals surface area contributed by atoms with Crippen LogP contribution in [0.4, 0.5) is 5.82 Å². The lowest BCUT2D eigenvalue weighted by Gasteiger charge is -2.14. The van der Waals surface area contributed by atoms with Gasteiger partial charge in [-0.15, -0.1) is 0 Å². The van der Waals surface area contributed by atoms with E-state index in [1.54, 1.807) is 4.57 Å². The number of nitrogens with zero attached hydrogens (tertiary/aromatic N) is 3. The average molecular weight is 436 g/mol. The number of hydrogen-bond acceptors (Lipinski definition) is 4. The molecule has 0 aliphatic heterocycles. The van der Waals surface area contributed by atoms with Crippen molar-refractivity contribution in [2.75, 3.05) is 5.73 Å². The van der Waals surface area contributed by atoms with E-state index in [-0.39, 0.29) is 11.9 Å². The minimum Gasteiger partial charge on any atom is -0.384 e. The van der Waals surface area contributed by atoms with E-state index in [4.69, 9.17) is 15.7 Å². The van der Waals surface area contributed by atoms with Gasteiger partial charge in [0.25, 0.3) is 5.91 Å². The fraction of sp³-hybridized carbons (Fsp3) is 0.148. The van der Waals surface area contributed by atoms with Crippen LogP contribution in [-0.4, -0.2) is 26.5 Å². The summed E-state index contributed by atoms with van der Waals surface area (Å²) in [4.78, 5) is 23.0. The Bertz CT molecular complexity index is 1430. The van der Waals surface area contributed by atoms with Crippen molar-refractivity contribution < 1.29 is 4.79 Å². The maximum Gasteiger partial charge on any atom is 0.257 e. The molecule has 1 amide bonds. The van der Waals surface area contributed by atoms with Gasteiger partial charge in [0.2, 0.25) is 0 Å². The molecule has 1 atom stereocenters. The lowest BCUT2D eigenvalue weighted by atomic mass is 10.1. The quantitative estimate of drug-likeness (QED) is 0.397. The number of aryl methyl sites for hydroxylation is 1. The van der Waals surface area contributed by atoms with Gasteiger partial charge in [-0.05, 0) is 49.6 Å². The van der Waals surface area contributed by atoms with Gasteiger partial charge in [0, 0.05) is 11.7 Å². The molecule has 0 fully saturated rings. The summed E-state index contributed by atoms with van der Waals surface area (Å²) >= 11 is 0. The normalized spacial score (nSPS) is 12.2. The van der Waals surface area contributed by atoms with E-state index >= 15 is 0 Å². The number of fused-ring (bicyclic) bond motifs is 2. The van der Waals surface area contributed by atoms with Crippen LogP contribution in [-0.2, 0) is 6.42 Å². The molecule has 0 bridgehead atoms. The first-order chi connectivity index (χ1) is 16.1. The van der Waals surface area contributed by atoms with E-state index < -0.39 is 0 Å². The Balaban J connectivity index is 1.53. The van der Waals surface area contributed by atoms with Gasteiger partial charge in [0.15, 0.2) is 5.65 Å². The van der Waals surface area contributed by atoms with Gasteiger partial charge in [0.05, 0.1) is 11.0 Å².